The second-order valence-electron chi connectivity index (χ2n) is 4.36. The van der Waals surface area contributed by atoms with Gasteiger partial charge in [-0.2, -0.15) is 0 Å². The summed E-state index contributed by atoms with van der Waals surface area (Å²) in [7, 11) is 0. The number of carbonyl (C=O) groups excluding carboxylic acids is 1. The number of unbranched alkanes of at least 4 members (excludes halogenated alkanes) is 1. The summed E-state index contributed by atoms with van der Waals surface area (Å²) in [6.07, 6.45) is 4.07. The smallest absolute Gasteiger partial charge is 0.220 e. The van der Waals surface area contributed by atoms with Crippen molar-refractivity contribution in [2.75, 3.05) is 6.61 Å². The van der Waals surface area contributed by atoms with Crippen molar-refractivity contribution in [1.29, 1.82) is 0 Å². The fourth-order valence-corrected chi connectivity index (χ4v) is 1.52. The van der Waals surface area contributed by atoms with Gasteiger partial charge in [0.25, 0.3) is 0 Å². The second kappa shape index (κ2) is 6.82. The molecule has 1 amide bonds. The Kier molecular flexibility index (Phi) is 6.54. The molecule has 0 fully saturated rings. The molecule has 0 saturated heterocycles. The molecule has 0 aromatic rings. The minimum atomic E-state index is -0.0922. The van der Waals surface area contributed by atoms with E-state index in [-0.39, 0.29) is 18.1 Å². The molecule has 2 N–H and O–H groups in total. The Morgan fingerprint density at radius 1 is 1.36 bits per heavy atom. The fourth-order valence-electron chi connectivity index (χ4n) is 1.52. The van der Waals surface area contributed by atoms with Crippen LogP contribution in [0.3, 0.4) is 0 Å². The van der Waals surface area contributed by atoms with Gasteiger partial charge in [-0.25, -0.2) is 0 Å². The van der Waals surface area contributed by atoms with Gasteiger partial charge in [0.05, 0.1) is 0 Å². The molecule has 0 spiro atoms. The zero-order valence-corrected chi connectivity index (χ0v) is 9.60. The fraction of sp³-hybridized carbons (Fsp3) is 0.909. The molecule has 0 bridgehead atoms. The topological polar surface area (TPSA) is 49.3 Å². The lowest BCUT2D eigenvalue weighted by atomic mass is 9.98. The number of aliphatic hydroxyl groups is 1. The lowest BCUT2D eigenvalue weighted by Crippen LogP contribution is -2.43. The van der Waals surface area contributed by atoms with Crippen molar-refractivity contribution in [3.05, 3.63) is 0 Å². The maximum Gasteiger partial charge on any atom is 0.220 e. The van der Waals surface area contributed by atoms with Crippen LogP contribution in [-0.4, -0.2) is 23.2 Å². The molecule has 0 heterocycles. The average molecular weight is 201 g/mol. The highest BCUT2D eigenvalue weighted by Crippen LogP contribution is 2.11. The third-order valence-corrected chi connectivity index (χ3v) is 2.16. The molecule has 0 atom stereocenters. The van der Waals surface area contributed by atoms with Gasteiger partial charge in [-0.3, -0.25) is 4.79 Å². The Morgan fingerprint density at radius 3 is 2.50 bits per heavy atom. The van der Waals surface area contributed by atoms with E-state index in [4.69, 9.17) is 5.11 Å². The third-order valence-electron chi connectivity index (χ3n) is 2.16. The first-order valence-corrected chi connectivity index (χ1v) is 5.43. The van der Waals surface area contributed by atoms with Gasteiger partial charge in [-0.05, 0) is 33.1 Å². The van der Waals surface area contributed by atoms with Crippen molar-refractivity contribution < 1.29 is 9.90 Å². The van der Waals surface area contributed by atoms with Crippen molar-refractivity contribution in [2.24, 2.45) is 0 Å². The first kappa shape index (κ1) is 13.4. The normalized spacial score (nSPS) is 11.4. The van der Waals surface area contributed by atoms with Crippen LogP contribution in [0.15, 0.2) is 0 Å². The van der Waals surface area contributed by atoms with Crippen LogP contribution >= 0.6 is 0 Å². The molecule has 3 nitrogen and oxygen atoms in total. The van der Waals surface area contributed by atoms with E-state index < -0.39 is 0 Å². The van der Waals surface area contributed by atoms with E-state index in [1.54, 1.807) is 0 Å². The molecule has 84 valence electrons. The minimum Gasteiger partial charge on any atom is -0.396 e. The largest absolute Gasteiger partial charge is 0.396 e. The standard InChI is InChI=1S/C11H23NO2/c1-4-8-11(2,3)12-10(14)7-5-6-9-13/h13H,4-9H2,1-3H3,(H,12,14). The highest BCUT2D eigenvalue weighted by molar-refractivity contribution is 5.76. The van der Waals surface area contributed by atoms with Crippen molar-refractivity contribution in [1.82, 2.24) is 5.32 Å². The van der Waals surface area contributed by atoms with Crippen LogP contribution in [0.4, 0.5) is 0 Å². The summed E-state index contributed by atoms with van der Waals surface area (Å²) < 4.78 is 0. The number of rotatable bonds is 7. The number of aliphatic hydroxyl groups excluding tert-OH is 1. The van der Waals surface area contributed by atoms with E-state index in [9.17, 15) is 4.79 Å². The zero-order valence-electron chi connectivity index (χ0n) is 9.60. The van der Waals surface area contributed by atoms with E-state index in [0.29, 0.717) is 12.8 Å². The van der Waals surface area contributed by atoms with Crippen LogP contribution in [0, 0.1) is 0 Å². The summed E-state index contributed by atoms with van der Waals surface area (Å²) in [5, 5.41) is 11.6. The van der Waals surface area contributed by atoms with Gasteiger partial charge in [0.2, 0.25) is 5.91 Å². The molecular formula is C11H23NO2. The summed E-state index contributed by atoms with van der Waals surface area (Å²) >= 11 is 0. The molecule has 3 heteroatoms. The van der Waals surface area contributed by atoms with Crippen LogP contribution in [0.5, 0.6) is 0 Å². The highest BCUT2D eigenvalue weighted by atomic mass is 16.2. The number of nitrogens with one attached hydrogen (secondary N) is 1. The van der Waals surface area contributed by atoms with E-state index >= 15 is 0 Å². The van der Waals surface area contributed by atoms with Gasteiger partial charge < -0.3 is 10.4 Å². The first-order valence-electron chi connectivity index (χ1n) is 5.43. The van der Waals surface area contributed by atoms with Crippen LogP contribution < -0.4 is 5.32 Å². The summed E-state index contributed by atoms with van der Waals surface area (Å²) in [6, 6.07) is 0. The first-order chi connectivity index (χ1) is 6.52. The average Bonchev–Trinajstić information content (AvgIpc) is 2.03. The van der Waals surface area contributed by atoms with E-state index in [2.05, 4.69) is 12.2 Å². The number of carbonyl (C=O) groups is 1. The molecule has 0 aromatic heterocycles. The predicted molar refractivity (Wildman–Crippen MR) is 58.1 cm³/mol. The van der Waals surface area contributed by atoms with Gasteiger partial charge in [-0.15, -0.1) is 0 Å². The summed E-state index contributed by atoms with van der Waals surface area (Å²) in [4.78, 5) is 11.4. The second-order valence-corrected chi connectivity index (χ2v) is 4.36. The zero-order chi connectivity index (χ0) is 11.0. The van der Waals surface area contributed by atoms with Crippen molar-refractivity contribution in [2.45, 2.75) is 58.4 Å². The van der Waals surface area contributed by atoms with Crippen molar-refractivity contribution in [3.8, 4) is 0 Å². The molecule has 0 aliphatic carbocycles. The number of hydrogen-bond donors (Lipinski definition) is 2. The Bertz CT molecular complexity index is 167. The van der Waals surface area contributed by atoms with Gasteiger partial charge in [0.1, 0.15) is 0 Å². The van der Waals surface area contributed by atoms with Gasteiger partial charge in [0.15, 0.2) is 0 Å². The number of hydrogen-bond acceptors (Lipinski definition) is 2. The molecule has 0 rings (SSSR count). The Labute approximate surface area is 86.9 Å². The van der Waals surface area contributed by atoms with E-state index in [1.165, 1.54) is 0 Å². The quantitative estimate of drug-likeness (QED) is 0.617. The summed E-state index contributed by atoms with van der Waals surface area (Å²) in [6.45, 7) is 6.37. The van der Waals surface area contributed by atoms with E-state index in [1.807, 2.05) is 13.8 Å². The third kappa shape index (κ3) is 6.89. The molecule has 0 radical (unpaired) electrons. The van der Waals surface area contributed by atoms with E-state index in [0.717, 1.165) is 19.3 Å². The van der Waals surface area contributed by atoms with Gasteiger partial charge in [-0.1, -0.05) is 13.3 Å². The van der Waals surface area contributed by atoms with Crippen molar-refractivity contribution in [3.63, 3.8) is 0 Å². The minimum absolute atomic E-state index is 0.0922. The van der Waals surface area contributed by atoms with Crippen molar-refractivity contribution >= 4 is 5.91 Å². The van der Waals surface area contributed by atoms with Gasteiger partial charge >= 0.3 is 0 Å². The Morgan fingerprint density at radius 2 is 2.00 bits per heavy atom. The highest BCUT2D eigenvalue weighted by Gasteiger charge is 2.18. The lowest BCUT2D eigenvalue weighted by molar-refractivity contribution is -0.122. The molecule has 0 saturated carbocycles. The predicted octanol–water partition coefficient (Wildman–Crippen LogP) is 1.84. The lowest BCUT2D eigenvalue weighted by Gasteiger charge is -2.25. The molecule has 0 aliphatic heterocycles. The number of amides is 1. The van der Waals surface area contributed by atoms with Crippen LogP contribution in [-0.2, 0) is 4.79 Å². The van der Waals surface area contributed by atoms with Crippen LogP contribution in [0.2, 0.25) is 0 Å². The summed E-state index contributed by atoms with van der Waals surface area (Å²) in [5.41, 5.74) is -0.0922. The molecule has 14 heavy (non-hydrogen) atoms. The maximum atomic E-state index is 11.4. The molecule has 0 aromatic carbocycles. The van der Waals surface area contributed by atoms with Crippen LogP contribution in [0.1, 0.15) is 52.9 Å². The molecule has 0 aliphatic rings. The molecular weight excluding hydrogens is 178 g/mol. The maximum absolute atomic E-state index is 11.4. The van der Waals surface area contributed by atoms with Gasteiger partial charge in [0, 0.05) is 18.6 Å². The van der Waals surface area contributed by atoms with Crippen LogP contribution in [0.25, 0.3) is 0 Å². The monoisotopic (exact) mass is 201 g/mol. The summed E-state index contributed by atoms with van der Waals surface area (Å²) in [5.74, 6) is 0.0944. The Hall–Kier alpha value is -0.570. The Balaban J connectivity index is 3.69. The SMILES string of the molecule is CCCC(C)(C)NC(=O)CCCCO. The molecule has 0 unspecified atom stereocenters.